The summed E-state index contributed by atoms with van der Waals surface area (Å²) in [6, 6.07) is 3.33. The molecule has 4 nitrogen and oxygen atoms in total. The van der Waals surface area contributed by atoms with Gasteiger partial charge in [-0.25, -0.2) is 17.5 Å². The largest absolute Gasteiger partial charge is 0.393 e. The molecule has 0 aliphatic rings. The fraction of sp³-hybridized carbons (Fsp3) is 0.400. The van der Waals surface area contributed by atoms with Gasteiger partial charge in [-0.3, -0.25) is 0 Å². The van der Waals surface area contributed by atoms with Crippen molar-refractivity contribution in [2.45, 2.75) is 24.3 Å². The smallest absolute Gasteiger partial charge is 0.243 e. The van der Waals surface area contributed by atoms with Crippen LogP contribution in [0.2, 0.25) is 5.02 Å². The molecule has 1 rings (SSSR count). The van der Waals surface area contributed by atoms with Crippen molar-refractivity contribution in [3.63, 3.8) is 0 Å². The highest BCUT2D eigenvalue weighted by atomic mass is 35.5. The molecule has 0 heterocycles. The number of aliphatic hydroxyl groups excluding tert-OH is 1. The SMILES string of the molecule is CC(O)CCNS(=O)(=O)c1ccc(Cl)cc1F. The number of sulfonamides is 1. The second-order valence-electron chi connectivity index (χ2n) is 3.61. The van der Waals surface area contributed by atoms with Crippen molar-refractivity contribution in [1.29, 1.82) is 0 Å². The lowest BCUT2D eigenvalue weighted by molar-refractivity contribution is 0.186. The van der Waals surface area contributed by atoms with Crippen LogP contribution in [0.25, 0.3) is 0 Å². The standard InChI is InChI=1S/C10H13ClFNO3S/c1-7(14)4-5-13-17(15,16)10-3-2-8(11)6-9(10)12/h2-3,6-7,13-14H,4-5H2,1H3. The van der Waals surface area contributed by atoms with Crippen LogP contribution in [-0.2, 0) is 10.0 Å². The molecule has 0 bridgehead atoms. The van der Waals surface area contributed by atoms with Crippen LogP contribution in [0.3, 0.4) is 0 Å². The molecule has 0 aliphatic heterocycles. The second kappa shape index (κ2) is 5.77. The first kappa shape index (κ1) is 14.4. The van der Waals surface area contributed by atoms with Crippen LogP contribution in [0.15, 0.2) is 23.1 Å². The van der Waals surface area contributed by atoms with Crippen LogP contribution >= 0.6 is 11.6 Å². The van der Waals surface area contributed by atoms with Crippen LogP contribution in [0, 0.1) is 5.82 Å². The third kappa shape index (κ3) is 4.23. The number of hydrogen-bond donors (Lipinski definition) is 2. The molecule has 0 amide bonds. The topological polar surface area (TPSA) is 66.4 Å². The average molecular weight is 282 g/mol. The zero-order chi connectivity index (χ0) is 13.1. The Morgan fingerprint density at radius 2 is 2.18 bits per heavy atom. The molecule has 17 heavy (non-hydrogen) atoms. The van der Waals surface area contributed by atoms with Crippen LogP contribution in [0.4, 0.5) is 4.39 Å². The Hall–Kier alpha value is -0.690. The molecule has 1 unspecified atom stereocenters. The lowest BCUT2D eigenvalue weighted by Crippen LogP contribution is -2.27. The van der Waals surface area contributed by atoms with Gasteiger partial charge in [0.15, 0.2) is 0 Å². The molecule has 1 aromatic rings. The highest BCUT2D eigenvalue weighted by Gasteiger charge is 2.18. The first-order valence-electron chi connectivity index (χ1n) is 4.95. The Kier molecular flexibility index (Phi) is 4.88. The number of aliphatic hydroxyl groups is 1. The predicted molar refractivity (Wildman–Crippen MR) is 62.9 cm³/mol. The second-order valence-corrected chi connectivity index (χ2v) is 5.78. The van der Waals surface area contributed by atoms with Crippen LogP contribution in [-0.4, -0.2) is 26.2 Å². The van der Waals surface area contributed by atoms with Gasteiger partial charge in [-0.15, -0.1) is 0 Å². The first-order chi connectivity index (χ1) is 7.83. The van der Waals surface area contributed by atoms with Gasteiger partial charge in [0.05, 0.1) is 6.10 Å². The van der Waals surface area contributed by atoms with Crippen LogP contribution < -0.4 is 4.72 Å². The lowest BCUT2D eigenvalue weighted by atomic mass is 10.3. The van der Waals surface area contributed by atoms with Crippen molar-refractivity contribution >= 4 is 21.6 Å². The molecule has 0 aliphatic carbocycles. The summed E-state index contributed by atoms with van der Waals surface area (Å²) in [5.41, 5.74) is 0. The van der Waals surface area contributed by atoms with E-state index in [1.54, 1.807) is 0 Å². The molecule has 0 saturated heterocycles. The van der Waals surface area contributed by atoms with Gasteiger partial charge in [0, 0.05) is 11.6 Å². The maximum absolute atomic E-state index is 13.4. The lowest BCUT2D eigenvalue weighted by Gasteiger charge is -2.08. The Morgan fingerprint density at radius 3 is 2.71 bits per heavy atom. The van der Waals surface area contributed by atoms with Crippen molar-refractivity contribution < 1.29 is 17.9 Å². The van der Waals surface area contributed by atoms with Crippen molar-refractivity contribution in [3.8, 4) is 0 Å². The summed E-state index contributed by atoms with van der Waals surface area (Å²) >= 11 is 5.52. The Bertz CT molecular complexity index is 490. The summed E-state index contributed by atoms with van der Waals surface area (Å²) in [5.74, 6) is -0.901. The maximum atomic E-state index is 13.4. The van der Waals surface area contributed by atoms with E-state index in [4.69, 9.17) is 16.7 Å². The van der Waals surface area contributed by atoms with Crippen molar-refractivity contribution in [3.05, 3.63) is 29.0 Å². The van der Waals surface area contributed by atoms with E-state index in [2.05, 4.69) is 4.72 Å². The van der Waals surface area contributed by atoms with Crippen molar-refractivity contribution in [1.82, 2.24) is 4.72 Å². The summed E-state index contributed by atoms with van der Waals surface area (Å²) in [6.45, 7) is 1.58. The molecule has 0 saturated carbocycles. The first-order valence-corrected chi connectivity index (χ1v) is 6.82. The zero-order valence-electron chi connectivity index (χ0n) is 9.15. The Morgan fingerprint density at radius 1 is 1.53 bits per heavy atom. The molecular formula is C10H13ClFNO3S. The van der Waals surface area contributed by atoms with E-state index in [9.17, 15) is 12.8 Å². The van der Waals surface area contributed by atoms with E-state index >= 15 is 0 Å². The van der Waals surface area contributed by atoms with E-state index in [-0.39, 0.29) is 18.0 Å². The van der Waals surface area contributed by atoms with Gasteiger partial charge < -0.3 is 5.11 Å². The quantitative estimate of drug-likeness (QED) is 0.860. The minimum absolute atomic E-state index is 0.0437. The van der Waals surface area contributed by atoms with E-state index < -0.39 is 26.8 Å². The molecule has 0 fully saturated rings. The minimum atomic E-state index is -3.90. The van der Waals surface area contributed by atoms with Gasteiger partial charge in [-0.05, 0) is 31.5 Å². The Labute approximate surface area is 104 Å². The minimum Gasteiger partial charge on any atom is -0.393 e. The van der Waals surface area contributed by atoms with Gasteiger partial charge in [0.2, 0.25) is 10.0 Å². The maximum Gasteiger partial charge on any atom is 0.243 e. The van der Waals surface area contributed by atoms with Crippen molar-refractivity contribution in [2.24, 2.45) is 0 Å². The van der Waals surface area contributed by atoms with Gasteiger partial charge in [-0.2, -0.15) is 0 Å². The fourth-order valence-corrected chi connectivity index (χ4v) is 2.44. The molecule has 1 aromatic carbocycles. The number of hydrogen-bond acceptors (Lipinski definition) is 3. The van der Waals surface area contributed by atoms with E-state index in [1.807, 2.05) is 0 Å². The normalized spacial score (nSPS) is 13.6. The molecule has 96 valence electrons. The van der Waals surface area contributed by atoms with Gasteiger partial charge >= 0.3 is 0 Å². The van der Waals surface area contributed by atoms with E-state index in [0.717, 1.165) is 12.1 Å². The molecule has 0 aromatic heterocycles. The monoisotopic (exact) mass is 281 g/mol. The number of benzene rings is 1. The number of nitrogens with one attached hydrogen (secondary N) is 1. The molecule has 7 heteroatoms. The zero-order valence-corrected chi connectivity index (χ0v) is 10.7. The van der Waals surface area contributed by atoms with Crippen LogP contribution in [0.5, 0.6) is 0 Å². The molecule has 0 spiro atoms. The highest BCUT2D eigenvalue weighted by Crippen LogP contribution is 2.18. The van der Waals surface area contributed by atoms with Gasteiger partial charge in [0.1, 0.15) is 10.7 Å². The number of halogens is 2. The summed E-state index contributed by atoms with van der Waals surface area (Å²) in [6.07, 6.45) is -0.359. The van der Waals surface area contributed by atoms with Gasteiger partial charge in [0.25, 0.3) is 0 Å². The molecule has 2 N–H and O–H groups in total. The van der Waals surface area contributed by atoms with E-state index in [0.29, 0.717) is 0 Å². The predicted octanol–water partition coefficient (Wildman–Crippen LogP) is 1.53. The third-order valence-corrected chi connectivity index (χ3v) is 3.77. The van der Waals surface area contributed by atoms with E-state index in [1.165, 1.54) is 13.0 Å². The fourth-order valence-electron chi connectivity index (χ4n) is 1.17. The Balaban J connectivity index is 2.83. The number of rotatable bonds is 5. The third-order valence-electron chi connectivity index (χ3n) is 2.04. The summed E-state index contributed by atoms with van der Waals surface area (Å²) in [5, 5.41) is 9.11. The van der Waals surface area contributed by atoms with Crippen molar-refractivity contribution in [2.75, 3.05) is 6.54 Å². The highest BCUT2D eigenvalue weighted by molar-refractivity contribution is 7.89. The average Bonchev–Trinajstić information content (AvgIpc) is 2.15. The summed E-state index contributed by atoms with van der Waals surface area (Å²) < 4.78 is 38.9. The molecular weight excluding hydrogens is 269 g/mol. The summed E-state index contributed by atoms with van der Waals surface area (Å²) in [7, 11) is -3.90. The molecule has 0 radical (unpaired) electrons. The van der Waals surface area contributed by atoms with Gasteiger partial charge in [-0.1, -0.05) is 11.6 Å². The summed E-state index contributed by atoms with van der Waals surface area (Å²) in [4.78, 5) is -0.451. The van der Waals surface area contributed by atoms with Crippen LogP contribution in [0.1, 0.15) is 13.3 Å². The molecule has 1 atom stereocenters.